The monoisotopic (exact) mass is 162 g/mol. The van der Waals surface area contributed by atoms with E-state index >= 15 is 0 Å². The van der Waals surface area contributed by atoms with E-state index in [-0.39, 0.29) is 5.78 Å². The molecule has 12 heavy (non-hydrogen) atoms. The Kier molecular flexibility index (Phi) is 4.70. The average molecular weight is 162 g/mol. The van der Waals surface area contributed by atoms with Crippen molar-refractivity contribution in [3.63, 3.8) is 0 Å². The molecule has 0 bridgehead atoms. The topological polar surface area (TPSA) is 17.1 Å². The molecule has 0 amide bonds. The van der Waals surface area contributed by atoms with Gasteiger partial charge in [0.25, 0.3) is 0 Å². The Labute approximate surface area is 73.8 Å². The van der Waals surface area contributed by atoms with Crippen LogP contribution in [0, 0.1) is 0 Å². The van der Waals surface area contributed by atoms with Gasteiger partial charge in [-0.2, -0.15) is 0 Å². The van der Waals surface area contributed by atoms with Gasteiger partial charge in [0.15, 0.2) is 5.78 Å². The lowest BCUT2D eigenvalue weighted by molar-refractivity contribution is -0.111. The third-order valence-electron chi connectivity index (χ3n) is 1.57. The lowest BCUT2D eigenvalue weighted by Crippen LogP contribution is -2.01. The minimum absolute atomic E-state index is 0.00685. The molecule has 0 heterocycles. The van der Waals surface area contributed by atoms with Gasteiger partial charge < -0.3 is 0 Å². The molecule has 0 atom stereocenters. The van der Waals surface area contributed by atoms with Crippen LogP contribution in [0.15, 0.2) is 48.6 Å². The highest BCUT2D eigenvalue weighted by molar-refractivity contribution is 6.09. The van der Waals surface area contributed by atoms with Crippen LogP contribution in [-0.2, 0) is 4.79 Å². The van der Waals surface area contributed by atoms with E-state index in [2.05, 4.69) is 13.2 Å². The number of carbonyl (C=O) groups excluding carboxylic acids is 1. The van der Waals surface area contributed by atoms with E-state index in [9.17, 15) is 4.79 Å². The van der Waals surface area contributed by atoms with Crippen molar-refractivity contribution in [1.29, 1.82) is 0 Å². The molecule has 0 saturated heterocycles. The molecule has 0 saturated carbocycles. The first-order valence-corrected chi connectivity index (χ1v) is 3.80. The highest BCUT2D eigenvalue weighted by Crippen LogP contribution is 2.06. The molecule has 0 aromatic heterocycles. The van der Waals surface area contributed by atoms with Gasteiger partial charge in [0.05, 0.1) is 0 Å². The SMILES string of the molecule is C=C/C=C(\C=C)C(=O)/C(C)=C/C. The second-order valence-corrected chi connectivity index (χ2v) is 2.36. The predicted molar refractivity (Wildman–Crippen MR) is 52.9 cm³/mol. The van der Waals surface area contributed by atoms with Crippen molar-refractivity contribution >= 4 is 5.78 Å². The molecule has 0 spiro atoms. The normalized spacial score (nSPS) is 12.5. The first-order valence-electron chi connectivity index (χ1n) is 3.80. The van der Waals surface area contributed by atoms with Crippen LogP contribution in [0.3, 0.4) is 0 Å². The van der Waals surface area contributed by atoms with E-state index < -0.39 is 0 Å². The third kappa shape index (κ3) is 2.70. The molecule has 0 aliphatic carbocycles. The van der Waals surface area contributed by atoms with Crippen LogP contribution in [0.25, 0.3) is 0 Å². The smallest absolute Gasteiger partial charge is 0.188 e. The minimum atomic E-state index is 0.00685. The summed E-state index contributed by atoms with van der Waals surface area (Å²) in [5.41, 5.74) is 1.31. The lowest BCUT2D eigenvalue weighted by atomic mass is 10.0. The summed E-state index contributed by atoms with van der Waals surface area (Å²) in [4.78, 5) is 11.4. The highest BCUT2D eigenvalue weighted by atomic mass is 16.1. The third-order valence-corrected chi connectivity index (χ3v) is 1.57. The summed E-state index contributed by atoms with van der Waals surface area (Å²) in [6.07, 6.45) is 6.56. The van der Waals surface area contributed by atoms with Crippen molar-refractivity contribution in [3.8, 4) is 0 Å². The van der Waals surface area contributed by atoms with Crippen molar-refractivity contribution in [2.75, 3.05) is 0 Å². The van der Waals surface area contributed by atoms with Crippen LogP contribution in [0.4, 0.5) is 0 Å². The molecule has 0 unspecified atom stereocenters. The number of hydrogen-bond acceptors (Lipinski definition) is 1. The van der Waals surface area contributed by atoms with Gasteiger partial charge in [-0.05, 0) is 19.4 Å². The molecule has 0 aromatic rings. The molecule has 1 heteroatoms. The van der Waals surface area contributed by atoms with E-state index in [0.717, 1.165) is 5.57 Å². The number of allylic oxidation sites excluding steroid dienone is 6. The van der Waals surface area contributed by atoms with E-state index in [1.807, 2.05) is 6.92 Å². The van der Waals surface area contributed by atoms with Crippen molar-refractivity contribution in [3.05, 3.63) is 48.6 Å². The standard InChI is InChI=1S/C11H14O/c1-5-8-10(7-3)11(12)9(4)6-2/h5-8H,1,3H2,2,4H3/b9-6+,10-8+. The van der Waals surface area contributed by atoms with Gasteiger partial charge in [-0.1, -0.05) is 37.5 Å². The second kappa shape index (κ2) is 5.30. The van der Waals surface area contributed by atoms with Crippen molar-refractivity contribution in [1.82, 2.24) is 0 Å². The van der Waals surface area contributed by atoms with Gasteiger partial charge in [-0.25, -0.2) is 0 Å². The van der Waals surface area contributed by atoms with Crippen molar-refractivity contribution < 1.29 is 4.79 Å². The molecular weight excluding hydrogens is 148 g/mol. The van der Waals surface area contributed by atoms with E-state index in [4.69, 9.17) is 0 Å². The van der Waals surface area contributed by atoms with Gasteiger partial charge in [0.2, 0.25) is 0 Å². The summed E-state index contributed by atoms with van der Waals surface area (Å²) < 4.78 is 0. The Hall–Kier alpha value is -1.37. The summed E-state index contributed by atoms with van der Waals surface area (Å²) in [5, 5.41) is 0. The maximum absolute atomic E-state index is 11.4. The van der Waals surface area contributed by atoms with Gasteiger partial charge in [-0.3, -0.25) is 4.79 Å². The zero-order valence-electron chi connectivity index (χ0n) is 7.63. The molecule has 0 N–H and O–H groups in total. The average Bonchev–Trinajstić information content (AvgIpc) is 2.11. The maximum Gasteiger partial charge on any atom is 0.188 e. The number of rotatable bonds is 4. The van der Waals surface area contributed by atoms with E-state index in [1.165, 1.54) is 6.08 Å². The van der Waals surface area contributed by atoms with Crippen LogP contribution in [-0.4, -0.2) is 5.78 Å². The highest BCUT2D eigenvalue weighted by Gasteiger charge is 2.05. The molecule has 0 aromatic carbocycles. The number of Topliss-reactive ketones (excluding diaryl/α,β-unsaturated/α-hetero) is 1. The van der Waals surface area contributed by atoms with Crippen molar-refractivity contribution in [2.24, 2.45) is 0 Å². The first-order chi connectivity index (χ1) is 5.67. The summed E-state index contributed by atoms with van der Waals surface area (Å²) in [6.45, 7) is 10.7. The van der Waals surface area contributed by atoms with Gasteiger partial charge >= 0.3 is 0 Å². The Balaban J connectivity index is 4.77. The van der Waals surface area contributed by atoms with Crippen LogP contribution in [0.2, 0.25) is 0 Å². The number of hydrogen-bond donors (Lipinski definition) is 0. The molecule has 0 aliphatic heterocycles. The Bertz CT molecular complexity index is 254. The Morgan fingerprint density at radius 1 is 1.33 bits per heavy atom. The molecule has 0 rings (SSSR count). The molecule has 0 aliphatic rings. The first kappa shape index (κ1) is 10.6. The Morgan fingerprint density at radius 2 is 1.92 bits per heavy atom. The minimum Gasteiger partial charge on any atom is -0.289 e. The summed E-state index contributed by atoms with van der Waals surface area (Å²) in [7, 11) is 0. The summed E-state index contributed by atoms with van der Waals surface area (Å²) in [6, 6.07) is 0. The van der Waals surface area contributed by atoms with Crippen LogP contribution < -0.4 is 0 Å². The fourth-order valence-electron chi connectivity index (χ4n) is 0.722. The van der Waals surface area contributed by atoms with E-state index in [0.29, 0.717) is 5.57 Å². The molecular formula is C11H14O. The zero-order chi connectivity index (χ0) is 9.56. The predicted octanol–water partition coefficient (Wildman–Crippen LogP) is 2.82. The van der Waals surface area contributed by atoms with Crippen LogP contribution in [0.1, 0.15) is 13.8 Å². The van der Waals surface area contributed by atoms with Crippen LogP contribution in [0.5, 0.6) is 0 Å². The fourth-order valence-corrected chi connectivity index (χ4v) is 0.722. The molecule has 64 valence electrons. The van der Waals surface area contributed by atoms with Gasteiger partial charge in [-0.15, -0.1) is 0 Å². The quantitative estimate of drug-likeness (QED) is 0.459. The maximum atomic E-state index is 11.4. The Morgan fingerprint density at radius 3 is 2.25 bits per heavy atom. The van der Waals surface area contributed by atoms with E-state index in [1.54, 1.807) is 25.2 Å². The van der Waals surface area contributed by atoms with Gasteiger partial charge in [0.1, 0.15) is 0 Å². The molecule has 0 radical (unpaired) electrons. The second-order valence-electron chi connectivity index (χ2n) is 2.36. The fraction of sp³-hybridized carbons (Fsp3) is 0.182. The van der Waals surface area contributed by atoms with Crippen molar-refractivity contribution in [2.45, 2.75) is 13.8 Å². The van der Waals surface area contributed by atoms with Crippen LogP contribution >= 0.6 is 0 Å². The summed E-state index contributed by atoms with van der Waals surface area (Å²) in [5.74, 6) is 0.00685. The molecule has 1 nitrogen and oxygen atoms in total. The largest absolute Gasteiger partial charge is 0.289 e. The lowest BCUT2D eigenvalue weighted by Gasteiger charge is -1.98. The summed E-state index contributed by atoms with van der Waals surface area (Å²) >= 11 is 0. The molecule has 0 fully saturated rings. The number of ketones is 1. The number of carbonyl (C=O) groups is 1. The zero-order valence-corrected chi connectivity index (χ0v) is 7.63. The van der Waals surface area contributed by atoms with Gasteiger partial charge in [0, 0.05) is 5.57 Å².